The molecule has 1 aliphatic heterocycles. The molecule has 1 saturated heterocycles. The molecule has 0 saturated carbocycles. The van der Waals surface area contributed by atoms with Crippen LogP contribution in [0.4, 0.5) is 0 Å². The third-order valence-electron chi connectivity index (χ3n) is 5.02. The second-order valence-electron chi connectivity index (χ2n) is 7.30. The fourth-order valence-electron chi connectivity index (χ4n) is 3.38. The number of ether oxygens (including phenoxy) is 2. The number of hydrogen-bond acceptors (Lipinski definition) is 4. The zero-order valence-corrected chi connectivity index (χ0v) is 16.6. The van der Waals surface area contributed by atoms with Crippen molar-refractivity contribution in [3.05, 3.63) is 64.7 Å². The van der Waals surface area contributed by atoms with Gasteiger partial charge in [0.05, 0.1) is 11.7 Å². The third kappa shape index (κ3) is 6.06. The average Bonchev–Trinajstić information content (AvgIpc) is 3.23. The van der Waals surface area contributed by atoms with E-state index in [1.54, 1.807) is 24.3 Å². The molecule has 1 amide bonds. The van der Waals surface area contributed by atoms with Gasteiger partial charge in [-0.15, -0.1) is 0 Å². The lowest BCUT2D eigenvalue weighted by atomic mass is 10.0. The molecule has 6 nitrogen and oxygen atoms in total. The Bertz CT molecular complexity index is 858. The Morgan fingerprint density at radius 1 is 1.21 bits per heavy atom. The molecule has 1 aliphatic rings. The highest BCUT2D eigenvalue weighted by atomic mass is 16.5. The molecule has 2 aromatic rings. The molecule has 0 bridgehead atoms. The predicted molar refractivity (Wildman–Crippen MR) is 109 cm³/mol. The first kappa shape index (κ1) is 20.9. The zero-order chi connectivity index (χ0) is 20.6. The number of rotatable bonds is 9. The topological polar surface area (TPSA) is 84.9 Å². The number of nitrogens with one attached hydrogen (secondary N) is 1. The highest BCUT2D eigenvalue weighted by molar-refractivity contribution is 5.89. The van der Waals surface area contributed by atoms with Crippen molar-refractivity contribution in [3.63, 3.8) is 0 Å². The Morgan fingerprint density at radius 3 is 2.79 bits per heavy atom. The van der Waals surface area contributed by atoms with Crippen LogP contribution < -0.4 is 10.1 Å². The number of aromatic carboxylic acids is 1. The van der Waals surface area contributed by atoms with E-state index in [0.717, 1.165) is 36.3 Å². The maximum atomic E-state index is 12.3. The molecule has 0 aliphatic carbocycles. The Hall–Kier alpha value is -2.86. The summed E-state index contributed by atoms with van der Waals surface area (Å²) in [6.45, 7) is 3.66. The quantitative estimate of drug-likeness (QED) is 0.677. The first-order chi connectivity index (χ1) is 14.0. The van der Waals surface area contributed by atoms with E-state index in [0.29, 0.717) is 25.1 Å². The largest absolute Gasteiger partial charge is 0.491 e. The SMILES string of the molecule is Cc1ccc(CNC(=O)CCc2ccccc2C(=O)O)c(OCC2CCCO2)c1. The van der Waals surface area contributed by atoms with Crippen LogP contribution in [0.15, 0.2) is 42.5 Å². The van der Waals surface area contributed by atoms with E-state index in [4.69, 9.17) is 9.47 Å². The number of benzene rings is 2. The molecule has 1 atom stereocenters. The van der Waals surface area contributed by atoms with Gasteiger partial charge in [-0.05, 0) is 49.4 Å². The molecule has 2 aromatic carbocycles. The first-order valence-electron chi connectivity index (χ1n) is 9.95. The van der Waals surface area contributed by atoms with Crippen molar-refractivity contribution >= 4 is 11.9 Å². The number of aryl methyl sites for hydroxylation is 2. The molecule has 1 heterocycles. The lowest BCUT2D eigenvalue weighted by molar-refractivity contribution is -0.121. The van der Waals surface area contributed by atoms with Gasteiger partial charge in [-0.3, -0.25) is 4.79 Å². The highest BCUT2D eigenvalue weighted by Gasteiger charge is 2.17. The number of carbonyl (C=O) groups is 2. The van der Waals surface area contributed by atoms with E-state index in [1.165, 1.54) is 0 Å². The highest BCUT2D eigenvalue weighted by Crippen LogP contribution is 2.22. The van der Waals surface area contributed by atoms with Crippen molar-refractivity contribution < 1.29 is 24.2 Å². The van der Waals surface area contributed by atoms with Crippen molar-refractivity contribution in [2.75, 3.05) is 13.2 Å². The Morgan fingerprint density at radius 2 is 2.03 bits per heavy atom. The van der Waals surface area contributed by atoms with Gasteiger partial charge in [0, 0.05) is 25.1 Å². The Kier molecular flexibility index (Phi) is 7.25. The second kappa shape index (κ2) is 10.1. The Labute approximate surface area is 170 Å². The number of carbonyl (C=O) groups excluding carboxylic acids is 1. The van der Waals surface area contributed by atoms with Gasteiger partial charge in [0.1, 0.15) is 12.4 Å². The summed E-state index contributed by atoms with van der Waals surface area (Å²) in [6, 6.07) is 12.7. The minimum absolute atomic E-state index is 0.129. The van der Waals surface area contributed by atoms with Crippen LogP contribution in [0, 0.1) is 6.92 Å². The number of carboxylic acid groups (broad SMARTS) is 1. The molecule has 3 rings (SSSR count). The van der Waals surface area contributed by atoms with E-state index in [2.05, 4.69) is 5.32 Å². The molecule has 29 heavy (non-hydrogen) atoms. The van der Waals surface area contributed by atoms with E-state index in [-0.39, 0.29) is 24.0 Å². The van der Waals surface area contributed by atoms with Crippen molar-refractivity contribution in [2.45, 2.75) is 45.3 Å². The summed E-state index contributed by atoms with van der Waals surface area (Å²) >= 11 is 0. The van der Waals surface area contributed by atoms with Gasteiger partial charge in [0.15, 0.2) is 0 Å². The van der Waals surface area contributed by atoms with Crippen LogP contribution in [-0.2, 0) is 22.5 Å². The van der Waals surface area contributed by atoms with Gasteiger partial charge in [-0.1, -0.05) is 30.3 Å². The lowest BCUT2D eigenvalue weighted by Crippen LogP contribution is -2.24. The molecule has 6 heteroatoms. The van der Waals surface area contributed by atoms with Gasteiger partial charge in [-0.2, -0.15) is 0 Å². The molecular weight excluding hydrogens is 370 g/mol. The number of amides is 1. The van der Waals surface area contributed by atoms with Gasteiger partial charge in [0.2, 0.25) is 5.91 Å². The summed E-state index contributed by atoms with van der Waals surface area (Å²) in [6.07, 6.45) is 2.81. The maximum absolute atomic E-state index is 12.3. The molecule has 1 fully saturated rings. The Balaban J connectivity index is 1.54. The van der Waals surface area contributed by atoms with E-state index in [1.807, 2.05) is 25.1 Å². The molecule has 0 aromatic heterocycles. The van der Waals surface area contributed by atoms with Gasteiger partial charge in [0.25, 0.3) is 0 Å². The first-order valence-corrected chi connectivity index (χ1v) is 9.95. The monoisotopic (exact) mass is 397 g/mol. The summed E-state index contributed by atoms with van der Waals surface area (Å²) in [7, 11) is 0. The van der Waals surface area contributed by atoms with Crippen molar-refractivity contribution in [2.24, 2.45) is 0 Å². The van der Waals surface area contributed by atoms with Crippen LogP contribution in [0.5, 0.6) is 5.75 Å². The summed E-state index contributed by atoms with van der Waals surface area (Å²) in [5.74, 6) is -0.346. The van der Waals surface area contributed by atoms with Crippen LogP contribution >= 0.6 is 0 Å². The van der Waals surface area contributed by atoms with Crippen LogP contribution in [0.1, 0.15) is 46.3 Å². The van der Waals surface area contributed by atoms with Crippen molar-refractivity contribution in [1.82, 2.24) is 5.32 Å². The van der Waals surface area contributed by atoms with Crippen LogP contribution in [-0.4, -0.2) is 36.3 Å². The van der Waals surface area contributed by atoms with Gasteiger partial charge >= 0.3 is 5.97 Å². The molecule has 1 unspecified atom stereocenters. The van der Waals surface area contributed by atoms with Crippen LogP contribution in [0.2, 0.25) is 0 Å². The standard InChI is InChI=1S/C23H27NO5/c1-16-8-9-18(21(13-16)29-15-19-6-4-12-28-19)14-24-22(25)11-10-17-5-2-3-7-20(17)23(26)27/h2-3,5,7-9,13,19H,4,6,10-12,14-15H2,1H3,(H,24,25)(H,26,27). The minimum atomic E-state index is -0.978. The number of carboxylic acids is 1. The van der Waals surface area contributed by atoms with Gasteiger partial charge in [-0.25, -0.2) is 4.79 Å². The van der Waals surface area contributed by atoms with Crippen molar-refractivity contribution in [1.29, 1.82) is 0 Å². The second-order valence-corrected chi connectivity index (χ2v) is 7.30. The molecule has 0 spiro atoms. The van der Waals surface area contributed by atoms with Gasteiger partial charge < -0.3 is 19.9 Å². The third-order valence-corrected chi connectivity index (χ3v) is 5.02. The fraction of sp³-hybridized carbons (Fsp3) is 0.391. The molecular formula is C23H27NO5. The van der Waals surface area contributed by atoms with E-state index < -0.39 is 5.97 Å². The lowest BCUT2D eigenvalue weighted by Gasteiger charge is -2.16. The molecule has 154 valence electrons. The fourth-order valence-corrected chi connectivity index (χ4v) is 3.38. The average molecular weight is 397 g/mol. The van der Waals surface area contributed by atoms with E-state index in [9.17, 15) is 14.7 Å². The summed E-state index contributed by atoms with van der Waals surface area (Å²) in [5, 5.41) is 12.1. The molecule has 2 N–H and O–H groups in total. The normalized spacial score (nSPS) is 15.8. The predicted octanol–water partition coefficient (Wildman–Crippen LogP) is 3.50. The summed E-state index contributed by atoms with van der Waals surface area (Å²) in [4.78, 5) is 23.6. The minimum Gasteiger partial charge on any atom is -0.491 e. The number of hydrogen-bond donors (Lipinski definition) is 2. The van der Waals surface area contributed by atoms with Crippen LogP contribution in [0.25, 0.3) is 0 Å². The summed E-state index contributed by atoms with van der Waals surface area (Å²) < 4.78 is 11.6. The smallest absolute Gasteiger partial charge is 0.335 e. The van der Waals surface area contributed by atoms with E-state index >= 15 is 0 Å². The zero-order valence-electron chi connectivity index (χ0n) is 16.6. The summed E-state index contributed by atoms with van der Waals surface area (Å²) in [5.41, 5.74) is 2.90. The van der Waals surface area contributed by atoms with Crippen LogP contribution in [0.3, 0.4) is 0 Å². The van der Waals surface area contributed by atoms with Crippen molar-refractivity contribution in [3.8, 4) is 5.75 Å². The maximum Gasteiger partial charge on any atom is 0.335 e. The molecule has 0 radical (unpaired) electrons.